The highest BCUT2D eigenvalue weighted by atomic mass is 79.9. The lowest BCUT2D eigenvalue weighted by Gasteiger charge is -2.12. The SMILES string of the molecule is COc1c(F)cccc1-c1c(F)cc(Br)cc1Cl. The predicted octanol–water partition coefficient (Wildman–Crippen LogP) is 5.06. The first-order chi connectivity index (χ1) is 8.54. The second kappa shape index (κ2) is 5.24. The summed E-state index contributed by atoms with van der Waals surface area (Å²) in [5, 5.41) is 0.186. The molecular formula is C13H8BrClF2O. The Morgan fingerprint density at radius 3 is 2.50 bits per heavy atom. The maximum atomic E-state index is 14.0. The molecule has 2 aromatic rings. The van der Waals surface area contributed by atoms with E-state index in [-0.39, 0.29) is 21.9 Å². The molecule has 0 aliphatic heterocycles. The minimum Gasteiger partial charge on any atom is -0.493 e. The zero-order chi connectivity index (χ0) is 13.3. The van der Waals surface area contributed by atoms with Gasteiger partial charge in [0.25, 0.3) is 0 Å². The normalized spacial score (nSPS) is 10.5. The van der Waals surface area contributed by atoms with E-state index in [4.69, 9.17) is 16.3 Å². The lowest BCUT2D eigenvalue weighted by Crippen LogP contribution is -1.94. The van der Waals surface area contributed by atoms with Crippen LogP contribution in [0.25, 0.3) is 11.1 Å². The van der Waals surface area contributed by atoms with E-state index in [9.17, 15) is 8.78 Å². The minimum absolute atomic E-state index is 0.0272. The van der Waals surface area contributed by atoms with Crippen molar-refractivity contribution in [3.8, 4) is 16.9 Å². The first-order valence-corrected chi connectivity index (χ1v) is 6.19. The summed E-state index contributed by atoms with van der Waals surface area (Å²) in [5.41, 5.74) is 0.406. The topological polar surface area (TPSA) is 9.23 Å². The Kier molecular flexibility index (Phi) is 3.88. The van der Waals surface area contributed by atoms with E-state index >= 15 is 0 Å². The standard InChI is InChI=1S/C13H8BrClF2O/c1-18-13-8(3-2-4-10(13)16)12-9(15)5-7(14)6-11(12)17/h2-6H,1H3. The highest BCUT2D eigenvalue weighted by Crippen LogP contribution is 2.39. The Balaban J connectivity index is 2.73. The molecule has 0 saturated heterocycles. The molecule has 2 aromatic carbocycles. The first kappa shape index (κ1) is 13.3. The molecule has 0 heterocycles. The Morgan fingerprint density at radius 1 is 1.17 bits per heavy atom. The molecule has 0 atom stereocenters. The van der Waals surface area contributed by atoms with Gasteiger partial charge in [-0.25, -0.2) is 8.78 Å². The van der Waals surface area contributed by atoms with Gasteiger partial charge < -0.3 is 4.74 Å². The number of halogens is 4. The molecule has 0 N–H and O–H groups in total. The second-order valence-electron chi connectivity index (χ2n) is 3.57. The smallest absolute Gasteiger partial charge is 0.165 e. The van der Waals surface area contributed by atoms with Crippen molar-refractivity contribution in [1.82, 2.24) is 0 Å². The van der Waals surface area contributed by atoms with Gasteiger partial charge in [-0.1, -0.05) is 39.7 Å². The summed E-state index contributed by atoms with van der Waals surface area (Å²) < 4.78 is 33.0. The zero-order valence-electron chi connectivity index (χ0n) is 9.31. The molecule has 0 bridgehead atoms. The van der Waals surface area contributed by atoms with Crippen LogP contribution >= 0.6 is 27.5 Å². The quantitative estimate of drug-likeness (QED) is 0.747. The molecule has 18 heavy (non-hydrogen) atoms. The van der Waals surface area contributed by atoms with Crippen molar-refractivity contribution in [1.29, 1.82) is 0 Å². The summed E-state index contributed by atoms with van der Waals surface area (Å²) in [6.07, 6.45) is 0. The van der Waals surface area contributed by atoms with Crippen molar-refractivity contribution in [2.45, 2.75) is 0 Å². The molecule has 0 amide bonds. The van der Waals surface area contributed by atoms with Crippen LogP contribution in [0.5, 0.6) is 5.75 Å². The van der Waals surface area contributed by atoms with Gasteiger partial charge in [-0.2, -0.15) is 0 Å². The number of methoxy groups -OCH3 is 1. The fourth-order valence-corrected chi connectivity index (χ4v) is 2.58. The van der Waals surface area contributed by atoms with E-state index in [2.05, 4.69) is 15.9 Å². The Bertz CT molecular complexity index is 579. The number of benzene rings is 2. The Morgan fingerprint density at radius 2 is 1.89 bits per heavy atom. The fourth-order valence-electron chi connectivity index (χ4n) is 1.71. The molecule has 2 rings (SSSR count). The number of para-hydroxylation sites is 1. The maximum absolute atomic E-state index is 14.0. The van der Waals surface area contributed by atoms with Gasteiger partial charge in [-0.3, -0.25) is 0 Å². The van der Waals surface area contributed by atoms with Gasteiger partial charge in [0, 0.05) is 15.6 Å². The molecule has 0 unspecified atom stereocenters. The molecule has 0 aliphatic carbocycles. The van der Waals surface area contributed by atoms with Gasteiger partial charge in [0.1, 0.15) is 5.82 Å². The van der Waals surface area contributed by atoms with Crippen LogP contribution in [-0.4, -0.2) is 7.11 Å². The average molecular weight is 334 g/mol. The number of ether oxygens (including phenoxy) is 1. The molecule has 94 valence electrons. The van der Waals surface area contributed by atoms with E-state index in [0.717, 1.165) is 0 Å². The Hall–Kier alpha value is -1.13. The van der Waals surface area contributed by atoms with Gasteiger partial charge in [-0.15, -0.1) is 0 Å². The van der Waals surface area contributed by atoms with Crippen molar-refractivity contribution in [3.63, 3.8) is 0 Å². The van der Waals surface area contributed by atoms with E-state index < -0.39 is 11.6 Å². The van der Waals surface area contributed by atoms with Crippen LogP contribution < -0.4 is 4.74 Å². The highest BCUT2D eigenvalue weighted by Gasteiger charge is 2.17. The lowest BCUT2D eigenvalue weighted by atomic mass is 10.0. The summed E-state index contributed by atoms with van der Waals surface area (Å²) in [6, 6.07) is 7.09. The monoisotopic (exact) mass is 332 g/mol. The molecule has 0 radical (unpaired) electrons. The van der Waals surface area contributed by atoms with Crippen LogP contribution in [0.4, 0.5) is 8.78 Å². The molecule has 0 saturated carbocycles. The lowest BCUT2D eigenvalue weighted by molar-refractivity contribution is 0.388. The molecule has 1 nitrogen and oxygen atoms in total. The molecule has 0 fully saturated rings. The highest BCUT2D eigenvalue weighted by molar-refractivity contribution is 9.10. The molecule has 0 spiro atoms. The van der Waals surface area contributed by atoms with E-state index in [1.54, 1.807) is 12.1 Å². The molecule has 0 aromatic heterocycles. The van der Waals surface area contributed by atoms with Crippen LogP contribution in [0.1, 0.15) is 0 Å². The summed E-state index contributed by atoms with van der Waals surface area (Å²) in [7, 11) is 1.33. The van der Waals surface area contributed by atoms with Gasteiger partial charge in [0.05, 0.1) is 12.1 Å². The largest absolute Gasteiger partial charge is 0.493 e. The zero-order valence-corrected chi connectivity index (χ0v) is 11.6. The predicted molar refractivity (Wildman–Crippen MR) is 71.1 cm³/mol. The fraction of sp³-hybridized carbons (Fsp3) is 0.0769. The van der Waals surface area contributed by atoms with Crippen LogP contribution in [0.2, 0.25) is 5.02 Å². The number of rotatable bonds is 2. The third kappa shape index (κ3) is 2.35. The number of hydrogen-bond acceptors (Lipinski definition) is 1. The minimum atomic E-state index is -0.562. The van der Waals surface area contributed by atoms with Crippen molar-refractivity contribution < 1.29 is 13.5 Å². The molecular weight excluding hydrogens is 325 g/mol. The van der Waals surface area contributed by atoms with Crippen LogP contribution in [-0.2, 0) is 0 Å². The van der Waals surface area contributed by atoms with Crippen LogP contribution in [0, 0.1) is 11.6 Å². The van der Waals surface area contributed by atoms with Gasteiger partial charge in [0.15, 0.2) is 11.6 Å². The third-order valence-corrected chi connectivity index (χ3v) is 3.20. The van der Waals surface area contributed by atoms with Crippen molar-refractivity contribution >= 4 is 27.5 Å². The molecule has 0 aliphatic rings. The van der Waals surface area contributed by atoms with Crippen molar-refractivity contribution in [2.24, 2.45) is 0 Å². The van der Waals surface area contributed by atoms with Crippen molar-refractivity contribution in [2.75, 3.05) is 7.11 Å². The summed E-state index contributed by atoms with van der Waals surface area (Å²) in [5.74, 6) is -1.13. The van der Waals surface area contributed by atoms with E-state index in [1.807, 2.05) is 0 Å². The van der Waals surface area contributed by atoms with Gasteiger partial charge in [-0.05, 0) is 18.2 Å². The van der Waals surface area contributed by atoms with Gasteiger partial charge >= 0.3 is 0 Å². The summed E-state index contributed by atoms with van der Waals surface area (Å²) in [6.45, 7) is 0. The van der Waals surface area contributed by atoms with Crippen LogP contribution in [0.15, 0.2) is 34.8 Å². The van der Waals surface area contributed by atoms with Gasteiger partial charge in [0.2, 0.25) is 0 Å². The van der Waals surface area contributed by atoms with E-state index in [0.29, 0.717) is 4.47 Å². The summed E-state index contributed by atoms with van der Waals surface area (Å²) >= 11 is 9.14. The second-order valence-corrected chi connectivity index (χ2v) is 4.89. The van der Waals surface area contributed by atoms with Crippen LogP contribution in [0.3, 0.4) is 0 Å². The molecule has 5 heteroatoms. The third-order valence-electron chi connectivity index (χ3n) is 2.45. The number of hydrogen-bond donors (Lipinski definition) is 0. The van der Waals surface area contributed by atoms with Crippen molar-refractivity contribution in [3.05, 3.63) is 51.5 Å². The first-order valence-electron chi connectivity index (χ1n) is 5.02. The summed E-state index contributed by atoms with van der Waals surface area (Å²) in [4.78, 5) is 0. The average Bonchev–Trinajstić information content (AvgIpc) is 2.27. The Labute approximate surface area is 116 Å². The van der Waals surface area contributed by atoms with E-state index in [1.165, 1.54) is 25.3 Å². The maximum Gasteiger partial charge on any atom is 0.165 e.